The SMILES string of the molecule is Cc1ccc(CNCC2(O)CCCN(Cc3cccc(F)c3F)C2=O)s1. The first-order chi connectivity index (χ1) is 12.4. The Hall–Kier alpha value is -1.83. The van der Waals surface area contributed by atoms with Crippen molar-refractivity contribution >= 4 is 17.2 Å². The van der Waals surface area contributed by atoms with Gasteiger partial charge >= 0.3 is 0 Å². The molecule has 2 aromatic rings. The first-order valence-corrected chi connectivity index (χ1v) is 9.41. The monoisotopic (exact) mass is 380 g/mol. The quantitative estimate of drug-likeness (QED) is 0.810. The summed E-state index contributed by atoms with van der Waals surface area (Å²) in [6.45, 7) is 3.10. The Morgan fingerprint density at radius 2 is 2.12 bits per heavy atom. The smallest absolute Gasteiger partial charge is 0.256 e. The van der Waals surface area contributed by atoms with Crippen molar-refractivity contribution in [3.05, 3.63) is 57.3 Å². The summed E-state index contributed by atoms with van der Waals surface area (Å²) >= 11 is 1.66. The summed E-state index contributed by atoms with van der Waals surface area (Å²) in [6.07, 6.45) is 0.962. The number of amides is 1. The summed E-state index contributed by atoms with van der Waals surface area (Å²) in [4.78, 5) is 16.5. The highest BCUT2D eigenvalue weighted by molar-refractivity contribution is 7.11. The number of likely N-dealkylation sites (tertiary alicyclic amines) is 1. The van der Waals surface area contributed by atoms with Crippen molar-refractivity contribution < 1.29 is 18.7 Å². The molecule has 0 spiro atoms. The normalized spacial score (nSPS) is 20.6. The minimum atomic E-state index is -1.52. The van der Waals surface area contributed by atoms with E-state index in [4.69, 9.17) is 0 Å². The summed E-state index contributed by atoms with van der Waals surface area (Å²) in [7, 11) is 0. The van der Waals surface area contributed by atoms with Crippen molar-refractivity contribution in [2.45, 2.75) is 38.5 Å². The molecule has 2 heterocycles. The number of nitrogens with zero attached hydrogens (tertiary/aromatic N) is 1. The number of piperidine rings is 1. The Labute approximate surface area is 155 Å². The van der Waals surface area contributed by atoms with Gasteiger partial charge in [0, 0.05) is 41.5 Å². The first kappa shape index (κ1) is 18.9. The summed E-state index contributed by atoms with van der Waals surface area (Å²) in [5, 5.41) is 13.9. The van der Waals surface area contributed by atoms with E-state index in [1.165, 1.54) is 21.9 Å². The fraction of sp³-hybridized carbons (Fsp3) is 0.421. The molecule has 1 unspecified atom stereocenters. The van der Waals surface area contributed by atoms with Gasteiger partial charge in [0.25, 0.3) is 5.91 Å². The summed E-state index contributed by atoms with van der Waals surface area (Å²) in [5.74, 6) is -2.32. The second-order valence-electron chi connectivity index (χ2n) is 6.69. The third kappa shape index (κ3) is 4.11. The molecule has 1 aromatic heterocycles. The lowest BCUT2D eigenvalue weighted by Crippen LogP contribution is -2.57. The molecule has 26 heavy (non-hydrogen) atoms. The molecule has 1 aromatic carbocycles. The van der Waals surface area contributed by atoms with E-state index in [1.807, 2.05) is 19.1 Å². The molecule has 1 atom stereocenters. The number of hydrogen-bond acceptors (Lipinski definition) is 4. The fourth-order valence-corrected chi connectivity index (χ4v) is 4.09. The van der Waals surface area contributed by atoms with Crippen molar-refractivity contribution in [1.82, 2.24) is 10.2 Å². The average Bonchev–Trinajstić information content (AvgIpc) is 3.01. The molecular weight excluding hydrogens is 358 g/mol. The van der Waals surface area contributed by atoms with E-state index in [-0.39, 0.29) is 18.7 Å². The van der Waals surface area contributed by atoms with E-state index in [9.17, 15) is 18.7 Å². The van der Waals surface area contributed by atoms with Gasteiger partial charge in [0.05, 0.1) is 0 Å². The van der Waals surface area contributed by atoms with Crippen LogP contribution < -0.4 is 5.32 Å². The third-order valence-electron chi connectivity index (χ3n) is 4.61. The van der Waals surface area contributed by atoms with Crippen LogP contribution >= 0.6 is 11.3 Å². The zero-order chi connectivity index (χ0) is 18.7. The van der Waals surface area contributed by atoms with Gasteiger partial charge in [0.1, 0.15) is 0 Å². The van der Waals surface area contributed by atoms with Crippen LogP contribution in [0.4, 0.5) is 8.78 Å². The maximum atomic E-state index is 13.9. The van der Waals surface area contributed by atoms with Crippen molar-refractivity contribution in [2.24, 2.45) is 0 Å². The molecule has 0 aliphatic carbocycles. The Bertz CT molecular complexity index is 796. The second-order valence-corrected chi connectivity index (χ2v) is 8.06. The lowest BCUT2D eigenvalue weighted by molar-refractivity contribution is -0.157. The fourth-order valence-electron chi connectivity index (χ4n) is 3.23. The second kappa shape index (κ2) is 7.82. The van der Waals surface area contributed by atoms with Crippen molar-refractivity contribution in [3.8, 4) is 0 Å². The molecule has 0 radical (unpaired) electrons. The van der Waals surface area contributed by atoms with Gasteiger partial charge in [-0.05, 0) is 38.0 Å². The van der Waals surface area contributed by atoms with Crippen molar-refractivity contribution in [3.63, 3.8) is 0 Å². The van der Waals surface area contributed by atoms with Gasteiger partial charge in [-0.2, -0.15) is 0 Å². The van der Waals surface area contributed by atoms with Crippen molar-refractivity contribution in [1.29, 1.82) is 0 Å². The van der Waals surface area contributed by atoms with Gasteiger partial charge in [0.15, 0.2) is 17.2 Å². The minimum Gasteiger partial charge on any atom is -0.379 e. The summed E-state index contributed by atoms with van der Waals surface area (Å²) in [6, 6.07) is 7.95. The van der Waals surface area contributed by atoms with Gasteiger partial charge < -0.3 is 15.3 Å². The summed E-state index contributed by atoms with van der Waals surface area (Å²) in [5.41, 5.74) is -1.40. The number of aryl methyl sites for hydroxylation is 1. The van der Waals surface area contributed by atoms with E-state index < -0.39 is 23.1 Å². The Morgan fingerprint density at radius 3 is 2.85 bits per heavy atom. The van der Waals surface area contributed by atoms with Gasteiger partial charge in [-0.15, -0.1) is 11.3 Å². The standard InChI is InChI=1S/C19H22F2N2O2S/c1-13-6-7-15(26-13)10-22-12-19(25)8-3-9-23(18(19)24)11-14-4-2-5-16(20)17(14)21/h2,4-7,22,25H,3,8-12H2,1H3. The highest BCUT2D eigenvalue weighted by atomic mass is 32.1. The van der Waals surface area contributed by atoms with Crippen LogP contribution in [0.25, 0.3) is 0 Å². The van der Waals surface area contributed by atoms with Crippen LogP contribution in [0.5, 0.6) is 0 Å². The molecule has 1 saturated heterocycles. The van der Waals surface area contributed by atoms with Crippen LogP contribution in [0, 0.1) is 18.6 Å². The molecule has 1 fully saturated rings. The molecule has 2 N–H and O–H groups in total. The molecule has 1 amide bonds. The zero-order valence-corrected chi connectivity index (χ0v) is 15.4. The number of hydrogen-bond donors (Lipinski definition) is 2. The highest BCUT2D eigenvalue weighted by Gasteiger charge is 2.41. The lowest BCUT2D eigenvalue weighted by atomic mass is 9.91. The topological polar surface area (TPSA) is 52.6 Å². The van der Waals surface area contributed by atoms with E-state index >= 15 is 0 Å². The minimum absolute atomic E-state index is 0.0468. The van der Waals surface area contributed by atoms with E-state index in [2.05, 4.69) is 5.32 Å². The number of rotatable bonds is 6. The number of thiophene rings is 1. The molecular formula is C19H22F2N2O2S. The summed E-state index contributed by atoms with van der Waals surface area (Å²) < 4.78 is 27.3. The Balaban J connectivity index is 1.63. The number of halogens is 2. The van der Waals surface area contributed by atoms with Gasteiger partial charge in [0.2, 0.25) is 0 Å². The molecule has 1 aliphatic rings. The van der Waals surface area contributed by atoms with Crippen LogP contribution in [0.15, 0.2) is 30.3 Å². The molecule has 0 saturated carbocycles. The van der Waals surface area contributed by atoms with Crippen LogP contribution in [-0.2, 0) is 17.9 Å². The Kier molecular flexibility index (Phi) is 5.70. The zero-order valence-electron chi connectivity index (χ0n) is 14.6. The molecule has 1 aliphatic heterocycles. The van der Waals surface area contributed by atoms with Crippen LogP contribution in [-0.4, -0.2) is 34.6 Å². The van der Waals surface area contributed by atoms with Crippen LogP contribution in [0.1, 0.15) is 28.2 Å². The van der Waals surface area contributed by atoms with Gasteiger partial charge in [-0.1, -0.05) is 12.1 Å². The number of carbonyl (C=O) groups is 1. The molecule has 140 valence electrons. The third-order valence-corrected chi connectivity index (χ3v) is 5.61. The van der Waals surface area contributed by atoms with Gasteiger partial charge in [-0.25, -0.2) is 8.78 Å². The maximum absolute atomic E-state index is 13.9. The molecule has 7 heteroatoms. The van der Waals surface area contributed by atoms with Gasteiger partial charge in [-0.3, -0.25) is 4.79 Å². The molecule has 4 nitrogen and oxygen atoms in total. The van der Waals surface area contributed by atoms with E-state index in [0.29, 0.717) is 25.9 Å². The number of aliphatic hydroxyl groups is 1. The average molecular weight is 380 g/mol. The maximum Gasteiger partial charge on any atom is 0.256 e. The number of carbonyl (C=O) groups excluding carboxylic acids is 1. The lowest BCUT2D eigenvalue weighted by Gasteiger charge is -2.38. The van der Waals surface area contributed by atoms with Crippen LogP contribution in [0.3, 0.4) is 0 Å². The van der Waals surface area contributed by atoms with E-state index in [0.717, 1.165) is 10.9 Å². The largest absolute Gasteiger partial charge is 0.379 e. The molecule has 0 bridgehead atoms. The first-order valence-electron chi connectivity index (χ1n) is 8.60. The van der Waals surface area contributed by atoms with Crippen LogP contribution in [0.2, 0.25) is 0 Å². The highest BCUT2D eigenvalue weighted by Crippen LogP contribution is 2.25. The number of nitrogens with one attached hydrogen (secondary N) is 1. The van der Waals surface area contributed by atoms with Crippen molar-refractivity contribution in [2.75, 3.05) is 13.1 Å². The predicted molar refractivity (Wildman–Crippen MR) is 96.7 cm³/mol. The predicted octanol–water partition coefficient (Wildman–Crippen LogP) is 2.98. The number of benzene rings is 1. The van der Waals surface area contributed by atoms with E-state index in [1.54, 1.807) is 11.3 Å². The Morgan fingerprint density at radius 1 is 1.31 bits per heavy atom. The molecule has 3 rings (SSSR count).